The number of aryl methyl sites for hydroxylation is 1. The number of hydrogen-bond donors (Lipinski definition) is 1. The molecule has 4 rings (SSSR count). The van der Waals surface area contributed by atoms with Crippen molar-refractivity contribution in [2.75, 3.05) is 11.9 Å². The summed E-state index contributed by atoms with van der Waals surface area (Å²) >= 11 is 12.3. The van der Waals surface area contributed by atoms with Gasteiger partial charge in [0.05, 0.1) is 15.7 Å². The quantitative estimate of drug-likeness (QED) is 0.592. The first-order valence-corrected chi connectivity index (χ1v) is 9.71. The number of carbonyl (C=O) groups is 1. The van der Waals surface area contributed by atoms with Crippen LogP contribution in [0.1, 0.15) is 30.3 Å². The van der Waals surface area contributed by atoms with Crippen molar-refractivity contribution in [3.05, 3.63) is 64.0 Å². The van der Waals surface area contributed by atoms with Gasteiger partial charge in [0.2, 0.25) is 11.7 Å². The molecule has 1 aromatic heterocycles. The average molecular weight is 417 g/mol. The van der Waals surface area contributed by atoms with Crippen LogP contribution in [0.3, 0.4) is 0 Å². The number of halogens is 2. The van der Waals surface area contributed by atoms with Crippen molar-refractivity contribution in [1.29, 1.82) is 0 Å². The largest absolute Gasteiger partial charge is 0.337 e. The zero-order valence-corrected chi connectivity index (χ0v) is 16.7. The maximum absolute atomic E-state index is 12.8. The van der Waals surface area contributed by atoms with E-state index in [1.165, 1.54) is 0 Å². The van der Waals surface area contributed by atoms with Crippen LogP contribution < -0.4 is 5.32 Å². The molecule has 0 bridgehead atoms. The van der Waals surface area contributed by atoms with E-state index >= 15 is 0 Å². The summed E-state index contributed by atoms with van der Waals surface area (Å²) in [5, 5.41) is 7.65. The number of urea groups is 1. The van der Waals surface area contributed by atoms with Crippen LogP contribution in [0.4, 0.5) is 10.5 Å². The molecule has 6 nitrogen and oxygen atoms in total. The number of likely N-dealkylation sites (tertiary alicyclic amines) is 1. The molecule has 2 aromatic carbocycles. The molecule has 144 valence electrons. The number of nitrogens with zero attached hydrogens (tertiary/aromatic N) is 3. The van der Waals surface area contributed by atoms with E-state index < -0.39 is 0 Å². The maximum atomic E-state index is 12.8. The number of para-hydroxylation sites is 1. The van der Waals surface area contributed by atoms with Gasteiger partial charge in [0.15, 0.2) is 0 Å². The second-order valence-electron chi connectivity index (χ2n) is 6.70. The van der Waals surface area contributed by atoms with Gasteiger partial charge in [0, 0.05) is 12.1 Å². The lowest BCUT2D eigenvalue weighted by atomic mass is 10.1. The van der Waals surface area contributed by atoms with Crippen LogP contribution in [0.25, 0.3) is 11.4 Å². The first-order valence-electron chi connectivity index (χ1n) is 8.95. The van der Waals surface area contributed by atoms with Gasteiger partial charge in [0.25, 0.3) is 0 Å². The minimum atomic E-state index is -0.299. The van der Waals surface area contributed by atoms with Crippen LogP contribution in [0.15, 0.2) is 47.0 Å². The predicted octanol–water partition coefficient (Wildman–Crippen LogP) is 5.72. The van der Waals surface area contributed by atoms with E-state index in [-0.39, 0.29) is 12.1 Å². The van der Waals surface area contributed by atoms with E-state index in [4.69, 9.17) is 27.7 Å². The van der Waals surface area contributed by atoms with Crippen LogP contribution >= 0.6 is 23.2 Å². The number of hydrogen-bond acceptors (Lipinski definition) is 4. The van der Waals surface area contributed by atoms with E-state index in [2.05, 4.69) is 15.5 Å². The van der Waals surface area contributed by atoms with E-state index in [1.54, 1.807) is 23.1 Å². The number of aromatic nitrogens is 2. The molecule has 1 N–H and O–H groups in total. The third-order valence-corrected chi connectivity index (χ3v) is 5.37. The zero-order chi connectivity index (χ0) is 19.7. The van der Waals surface area contributed by atoms with Crippen LogP contribution in [0, 0.1) is 6.92 Å². The van der Waals surface area contributed by atoms with E-state index in [9.17, 15) is 4.79 Å². The fraction of sp³-hybridized carbons (Fsp3) is 0.250. The highest BCUT2D eigenvalue weighted by Crippen LogP contribution is 2.35. The molecule has 0 unspecified atom stereocenters. The molecule has 1 aliphatic rings. The summed E-state index contributed by atoms with van der Waals surface area (Å²) < 4.78 is 5.48. The molecule has 1 aliphatic heterocycles. The summed E-state index contributed by atoms with van der Waals surface area (Å²) in [6, 6.07) is 12.4. The van der Waals surface area contributed by atoms with Gasteiger partial charge in [-0.2, -0.15) is 4.98 Å². The Hall–Kier alpha value is -2.57. The molecule has 1 fully saturated rings. The second kappa shape index (κ2) is 7.81. The Morgan fingerprint density at radius 2 is 1.89 bits per heavy atom. The molecular formula is C20H18Cl2N4O2. The Morgan fingerprint density at radius 1 is 1.18 bits per heavy atom. The lowest BCUT2D eigenvalue weighted by molar-refractivity contribution is 0.193. The lowest BCUT2D eigenvalue weighted by Crippen LogP contribution is -2.34. The van der Waals surface area contributed by atoms with Crippen molar-refractivity contribution in [2.24, 2.45) is 0 Å². The average Bonchev–Trinajstić information content (AvgIpc) is 3.34. The standard InChI is InChI=1S/C20H18Cl2N4O2/c1-12-7-9-13(10-8-12)18-24-19(28-25-18)16-6-3-11-26(16)20(27)23-17-14(21)4-2-5-15(17)22/h2,4-5,7-10,16H,3,6,11H2,1H3,(H,23,27)/t16-/m1/s1. The summed E-state index contributed by atoms with van der Waals surface area (Å²) in [6.45, 7) is 2.60. The minimum Gasteiger partial charge on any atom is -0.337 e. The van der Waals surface area contributed by atoms with Gasteiger partial charge in [-0.15, -0.1) is 0 Å². The molecule has 1 atom stereocenters. The predicted molar refractivity (Wildman–Crippen MR) is 109 cm³/mol. The van der Waals surface area contributed by atoms with Crippen LogP contribution in [0.2, 0.25) is 10.0 Å². The van der Waals surface area contributed by atoms with E-state index in [0.717, 1.165) is 24.0 Å². The molecule has 28 heavy (non-hydrogen) atoms. The smallest absolute Gasteiger partial charge is 0.322 e. The molecule has 0 aliphatic carbocycles. The SMILES string of the molecule is Cc1ccc(-c2noc([C@H]3CCCN3C(=O)Nc3c(Cl)cccc3Cl)n2)cc1. The highest BCUT2D eigenvalue weighted by atomic mass is 35.5. The van der Waals surface area contributed by atoms with Crippen molar-refractivity contribution in [3.63, 3.8) is 0 Å². The molecule has 8 heteroatoms. The Kier molecular flexibility index (Phi) is 5.24. The molecule has 2 amide bonds. The van der Waals surface area contributed by atoms with Crippen LogP contribution in [-0.4, -0.2) is 27.6 Å². The fourth-order valence-corrected chi connectivity index (χ4v) is 3.74. The number of amides is 2. The Labute approximate surface area is 172 Å². The monoisotopic (exact) mass is 416 g/mol. The summed E-state index contributed by atoms with van der Waals surface area (Å²) in [5.74, 6) is 0.935. The topological polar surface area (TPSA) is 71.3 Å². The summed E-state index contributed by atoms with van der Waals surface area (Å²) in [4.78, 5) is 19.0. The number of carbonyl (C=O) groups excluding carboxylic acids is 1. The van der Waals surface area contributed by atoms with Crippen LogP contribution in [0.5, 0.6) is 0 Å². The van der Waals surface area contributed by atoms with Crippen LogP contribution in [-0.2, 0) is 0 Å². The normalized spacial score (nSPS) is 16.4. The van der Waals surface area contributed by atoms with Crippen molar-refractivity contribution in [1.82, 2.24) is 15.0 Å². The summed E-state index contributed by atoms with van der Waals surface area (Å²) in [7, 11) is 0. The molecule has 1 saturated heterocycles. The highest BCUT2D eigenvalue weighted by Gasteiger charge is 2.34. The lowest BCUT2D eigenvalue weighted by Gasteiger charge is -2.22. The summed E-state index contributed by atoms with van der Waals surface area (Å²) in [5.41, 5.74) is 2.43. The third-order valence-electron chi connectivity index (χ3n) is 4.74. The molecule has 3 aromatic rings. The number of nitrogens with one attached hydrogen (secondary N) is 1. The van der Waals surface area contributed by atoms with Gasteiger partial charge in [-0.1, -0.05) is 64.3 Å². The number of rotatable bonds is 3. The number of anilines is 1. The maximum Gasteiger partial charge on any atom is 0.322 e. The second-order valence-corrected chi connectivity index (χ2v) is 7.51. The Bertz CT molecular complexity index is 983. The van der Waals surface area contributed by atoms with Gasteiger partial charge < -0.3 is 14.7 Å². The van der Waals surface area contributed by atoms with Gasteiger partial charge in [-0.05, 0) is 31.9 Å². The summed E-state index contributed by atoms with van der Waals surface area (Å²) in [6.07, 6.45) is 1.59. The Balaban J connectivity index is 1.54. The van der Waals surface area contributed by atoms with E-state index in [1.807, 2.05) is 31.2 Å². The molecule has 0 saturated carbocycles. The highest BCUT2D eigenvalue weighted by molar-refractivity contribution is 6.39. The number of benzene rings is 2. The van der Waals surface area contributed by atoms with Gasteiger partial charge >= 0.3 is 6.03 Å². The minimum absolute atomic E-state index is 0.284. The van der Waals surface area contributed by atoms with Crippen molar-refractivity contribution >= 4 is 34.9 Å². The Morgan fingerprint density at radius 3 is 2.61 bits per heavy atom. The fourth-order valence-electron chi connectivity index (χ4n) is 3.25. The zero-order valence-electron chi connectivity index (χ0n) is 15.2. The van der Waals surface area contributed by atoms with Gasteiger partial charge in [-0.25, -0.2) is 4.79 Å². The first-order chi connectivity index (χ1) is 13.5. The first kappa shape index (κ1) is 18.8. The third kappa shape index (κ3) is 3.70. The molecule has 0 spiro atoms. The molecule has 0 radical (unpaired) electrons. The molecule has 2 heterocycles. The van der Waals surface area contributed by atoms with Crippen molar-refractivity contribution in [3.8, 4) is 11.4 Å². The van der Waals surface area contributed by atoms with Crippen molar-refractivity contribution in [2.45, 2.75) is 25.8 Å². The van der Waals surface area contributed by atoms with Crippen molar-refractivity contribution < 1.29 is 9.32 Å². The van der Waals surface area contributed by atoms with Gasteiger partial charge in [0.1, 0.15) is 6.04 Å². The van der Waals surface area contributed by atoms with E-state index in [0.29, 0.717) is 34.0 Å². The molecular weight excluding hydrogens is 399 g/mol. The van der Waals surface area contributed by atoms with Gasteiger partial charge in [-0.3, -0.25) is 0 Å².